The summed E-state index contributed by atoms with van der Waals surface area (Å²) in [6.45, 7) is 1.70. The summed E-state index contributed by atoms with van der Waals surface area (Å²) in [5, 5.41) is 12.0. The van der Waals surface area contributed by atoms with Crippen LogP contribution in [0.2, 0.25) is 10.0 Å². The Labute approximate surface area is 121 Å². The second-order valence-electron chi connectivity index (χ2n) is 3.90. The number of nitrogens with zero attached hydrogens (tertiary/aromatic N) is 3. The second-order valence-corrected chi connectivity index (χ2v) is 4.72. The minimum atomic E-state index is 0.422. The van der Waals surface area contributed by atoms with Gasteiger partial charge in [-0.3, -0.25) is 0 Å². The molecular formula is C12H14Cl2N4O. The fraction of sp³-hybridized carbons (Fsp3) is 0.333. The van der Waals surface area contributed by atoms with Crippen LogP contribution in [-0.4, -0.2) is 28.6 Å². The SMILES string of the molecule is CNCc1cn(CCOc2c(Cl)cccc2Cl)nn1. The number of hydrogen-bond acceptors (Lipinski definition) is 4. The van der Waals surface area contributed by atoms with Crippen LogP contribution in [-0.2, 0) is 13.1 Å². The van der Waals surface area contributed by atoms with Crippen LogP contribution in [0.4, 0.5) is 0 Å². The summed E-state index contributed by atoms with van der Waals surface area (Å²) in [6.07, 6.45) is 1.87. The third kappa shape index (κ3) is 3.83. The van der Waals surface area contributed by atoms with Crippen molar-refractivity contribution in [3.63, 3.8) is 0 Å². The Balaban J connectivity index is 1.89. The van der Waals surface area contributed by atoms with Crippen molar-refractivity contribution >= 4 is 23.2 Å². The molecule has 0 bridgehead atoms. The van der Waals surface area contributed by atoms with Gasteiger partial charge in [0.1, 0.15) is 6.61 Å². The maximum atomic E-state index is 6.00. The molecule has 1 heterocycles. The second kappa shape index (κ2) is 6.75. The van der Waals surface area contributed by atoms with Gasteiger partial charge in [-0.1, -0.05) is 34.5 Å². The number of benzene rings is 1. The molecule has 0 spiro atoms. The van der Waals surface area contributed by atoms with Crippen LogP contribution in [0.1, 0.15) is 5.69 Å². The van der Waals surface area contributed by atoms with E-state index in [1.807, 2.05) is 13.2 Å². The average Bonchev–Trinajstić information content (AvgIpc) is 2.81. The lowest BCUT2D eigenvalue weighted by Gasteiger charge is -2.09. The maximum Gasteiger partial charge on any atom is 0.156 e. The van der Waals surface area contributed by atoms with E-state index < -0.39 is 0 Å². The summed E-state index contributed by atoms with van der Waals surface area (Å²) in [4.78, 5) is 0. The van der Waals surface area contributed by atoms with Crippen molar-refractivity contribution in [3.05, 3.63) is 40.1 Å². The number of rotatable bonds is 6. The standard InChI is InChI=1S/C12H14Cl2N4O/c1-15-7-9-8-18(17-16-9)5-6-19-12-10(13)3-2-4-11(12)14/h2-4,8,15H,5-7H2,1H3. The van der Waals surface area contributed by atoms with Gasteiger partial charge in [-0.15, -0.1) is 5.10 Å². The van der Waals surface area contributed by atoms with Crippen LogP contribution in [0, 0.1) is 0 Å². The molecule has 0 saturated heterocycles. The summed E-state index contributed by atoms with van der Waals surface area (Å²) in [5.74, 6) is 0.501. The van der Waals surface area contributed by atoms with Crippen molar-refractivity contribution in [2.75, 3.05) is 13.7 Å². The van der Waals surface area contributed by atoms with Crippen molar-refractivity contribution in [2.45, 2.75) is 13.1 Å². The van der Waals surface area contributed by atoms with Crippen molar-refractivity contribution in [1.29, 1.82) is 0 Å². The number of halogens is 2. The Hall–Kier alpha value is -1.30. The number of para-hydroxylation sites is 1. The number of hydrogen-bond donors (Lipinski definition) is 1. The van der Waals surface area contributed by atoms with E-state index in [1.54, 1.807) is 22.9 Å². The molecule has 102 valence electrons. The molecule has 0 amide bonds. The minimum Gasteiger partial charge on any atom is -0.489 e. The Morgan fingerprint density at radius 1 is 1.32 bits per heavy atom. The summed E-state index contributed by atoms with van der Waals surface area (Å²) < 4.78 is 7.29. The van der Waals surface area contributed by atoms with Gasteiger partial charge in [0.2, 0.25) is 0 Å². The van der Waals surface area contributed by atoms with E-state index in [9.17, 15) is 0 Å². The molecule has 2 rings (SSSR count). The van der Waals surface area contributed by atoms with Gasteiger partial charge in [-0.25, -0.2) is 4.68 Å². The molecule has 7 heteroatoms. The highest BCUT2D eigenvalue weighted by Crippen LogP contribution is 2.32. The normalized spacial score (nSPS) is 10.7. The van der Waals surface area contributed by atoms with E-state index in [0.717, 1.165) is 5.69 Å². The number of nitrogens with one attached hydrogen (secondary N) is 1. The lowest BCUT2D eigenvalue weighted by atomic mass is 10.3. The molecule has 0 aliphatic carbocycles. The maximum absolute atomic E-state index is 6.00. The van der Waals surface area contributed by atoms with Crippen LogP contribution >= 0.6 is 23.2 Å². The fourth-order valence-electron chi connectivity index (χ4n) is 1.57. The molecule has 0 fully saturated rings. The van der Waals surface area contributed by atoms with Gasteiger partial charge >= 0.3 is 0 Å². The highest BCUT2D eigenvalue weighted by Gasteiger charge is 2.06. The quantitative estimate of drug-likeness (QED) is 0.890. The molecule has 0 unspecified atom stereocenters. The molecule has 1 aromatic heterocycles. The highest BCUT2D eigenvalue weighted by atomic mass is 35.5. The lowest BCUT2D eigenvalue weighted by molar-refractivity contribution is 0.290. The van der Waals surface area contributed by atoms with Gasteiger partial charge in [-0.05, 0) is 19.2 Å². The van der Waals surface area contributed by atoms with Crippen molar-refractivity contribution in [3.8, 4) is 5.75 Å². The van der Waals surface area contributed by atoms with Crippen LogP contribution in [0.3, 0.4) is 0 Å². The molecule has 0 radical (unpaired) electrons. The fourth-order valence-corrected chi connectivity index (χ4v) is 2.08. The third-order valence-corrected chi connectivity index (χ3v) is 3.02. The molecule has 0 atom stereocenters. The van der Waals surface area contributed by atoms with E-state index in [-0.39, 0.29) is 0 Å². The summed E-state index contributed by atoms with van der Waals surface area (Å²) >= 11 is 12.0. The molecule has 1 N–H and O–H groups in total. The molecule has 1 aromatic carbocycles. The first kappa shape index (κ1) is 14.1. The molecule has 2 aromatic rings. The predicted octanol–water partition coefficient (Wildman–Crippen LogP) is 2.38. The first-order chi connectivity index (χ1) is 9.20. The number of ether oxygens (including phenoxy) is 1. The third-order valence-electron chi connectivity index (χ3n) is 2.43. The molecule has 0 saturated carbocycles. The zero-order valence-corrected chi connectivity index (χ0v) is 11.9. The Bertz CT molecular complexity index is 524. The summed E-state index contributed by atoms with van der Waals surface area (Å²) in [5.41, 5.74) is 0.887. The molecular weight excluding hydrogens is 287 g/mol. The summed E-state index contributed by atoms with van der Waals surface area (Å²) in [7, 11) is 1.86. The van der Waals surface area contributed by atoms with Gasteiger partial charge in [-0.2, -0.15) is 0 Å². The average molecular weight is 301 g/mol. The lowest BCUT2D eigenvalue weighted by Crippen LogP contribution is -2.09. The van der Waals surface area contributed by atoms with Crippen molar-refractivity contribution < 1.29 is 4.74 Å². The van der Waals surface area contributed by atoms with Crippen molar-refractivity contribution in [2.24, 2.45) is 0 Å². The van der Waals surface area contributed by atoms with Gasteiger partial charge < -0.3 is 10.1 Å². The largest absolute Gasteiger partial charge is 0.489 e. The minimum absolute atomic E-state index is 0.422. The van der Waals surface area contributed by atoms with Crippen LogP contribution < -0.4 is 10.1 Å². The van der Waals surface area contributed by atoms with E-state index >= 15 is 0 Å². The van der Waals surface area contributed by atoms with Crippen LogP contribution in [0.15, 0.2) is 24.4 Å². The zero-order valence-electron chi connectivity index (χ0n) is 10.4. The van der Waals surface area contributed by atoms with Crippen molar-refractivity contribution in [1.82, 2.24) is 20.3 Å². The van der Waals surface area contributed by atoms with Gasteiger partial charge in [0.15, 0.2) is 5.75 Å². The number of aromatic nitrogens is 3. The Morgan fingerprint density at radius 2 is 2.05 bits per heavy atom. The Kier molecular flexibility index (Phi) is 5.01. The van der Waals surface area contributed by atoms with Crippen LogP contribution in [0.5, 0.6) is 5.75 Å². The monoisotopic (exact) mass is 300 g/mol. The summed E-state index contributed by atoms with van der Waals surface area (Å²) in [6, 6.07) is 5.26. The van der Waals surface area contributed by atoms with E-state index in [1.165, 1.54) is 0 Å². The topological polar surface area (TPSA) is 52.0 Å². The molecule has 0 aliphatic rings. The first-order valence-corrected chi connectivity index (χ1v) is 6.56. The van der Waals surface area contributed by atoms with Gasteiger partial charge in [0, 0.05) is 12.7 Å². The predicted molar refractivity (Wildman–Crippen MR) is 74.7 cm³/mol. The Morgan fingerprint density at radius 3 is 2.74 bits per heavy atom. The van der Waals surface area contributed by atoms with E-state index in [2.05, 4.69) is 15.6 Å². The first-order valence-electron chi connectivity index (χ1n) is 5.81. The van der Waals surface area contributed by atoms with E-state index in [0.29, 0.717) is 35.5 Å². The zero-order chi connectivity index (χ0) is 13.7. The molecule has 0 aliphatic heterocycles. The van der Waals surface area contributed by atoms with Gasteiger partial charge in [0.05, 0.1) is 22.3 Å². The van der Waals surface area contributed by atoms with E-state index in [4.69, 9.17) is 27.9 Å². The smallest absolute Gasteiger partial charge is 0.156 e. The van der Waals surface area contributed by atoms with Gasteiger partial charge in [0.25, 0.3) is 0 Å². The van der Waals surface area contributed by atoms with Crippen LogP contribution in [0.25, 0.3) is 0 Å². The molecule has 19 heavy (non-hydrogen) atoms. The molecule has 5 nitrogen and oxygen atoms in total. The highest BCUT2D eigenvalue weighted by molar-refractivity contribution is 6.37.